The lowest BCUT2D eigenvalue weighted by molar-refractivity contribution is 0.0641. The van der Waals surface area contributed by atoms with Crippen molar-refractivity contribution < 1.29 is 4.74 Å². The van der Waals surface area contributed by atoms with Gasteiger partial charge in [-0.2, -0.15) is 5.26 Å². The number of nitriles is 1. The van der Waals surface area contributed by atoms with E-state index < -0.39 is 0 Å². The molecule has 4 nitrogen and oxygen atoms in total. The van der Waals surface area contributed by atoms with Crippen molar-refractivity contribution in [2.75, 3.05) is 12.3 Å². The zero-order valence-corrected chi connectivity index (χ0v) is 10.4. The molecule has 16 heavy (non-hydrogen) atoms. The van der Waals surface area contributed by atoms with Crippen LogP contribution < -0.4 is 5.73 Å². The molecule has 0 saturated carbocycles. The first-order chi connectivity index (χ1) is 7.52. The number of hydrogen-bond donors (Lipinski definition) is 1. The van der Waals surface area contributed by atoms with Crippen LogP contribution in [0, 0.1) is 25.2 Å². The fourth-order valence-electron chi connectivity index (χ4n) is 1.86. The first-order valence-electron chi connectivity index (χ1n) is 5.49. The number of aromatic nitrogens is 1. The van der Waals surface area contributed by atoms with Gasteiger partial charge in [-0.3, -0.25) is 0 Å². The molecule has 1 unspecified atom stereocenters. The van der Waals surface area contributed by atoms with E-state index in [9.17, 15) is 0 Å². The Balaban J connectivity index is 3.02. The van der Waals surface area contributed by atoms with Gasteiger partial charge in [-0.25, -0.2) is 0 Å². The monoisotopic (exact) mass is 221 g/mol. The number of rotatable bonds is 4. The minimum atomic E-state index is 0.101. The molecule has 1 aromatic rings. The number of anilines is 1. The van der Waals surface area contributed by atoms with Gasteiger partial charge in [-0.05, 0) is 33.3 Å². The predicted octanol–water partition coefficient (Wildman–Crippen LogP) is 1.98. The third kappa shape index (κ3) is 2.20. The van der Waals surface area contributed by atoms with Gasteiger partial charge in [0.05, 0.1) is 18.2 Å². The average Bonchev–Trinajstić information content (AvgIpc) is 2.43. The summed E-state index contributed by atoms with van der Waals surface area (Å²) in [6.07, 6.45) is 0.101. The van der Waals surface area contributed by atoms with Crippen molar-refractivity contribution >= 4 is 5.82 Å². The number of ether oxygens (including phenoxy) is 1. The van der Waals surface area contributed by atoms with Gasteiger partial charge in [0, 0.05) is 12.3 Å². The van der Waals surface area contributed by atoms with Crippen molar-refractivity contribution in [3.05, 3.63) is 16.8 Å². The molecule has 4 heteroatoms. The van der Waals surface area contributed by atoms with E-state index in [2.05, 4.69) is 6.07 Å². The third-order valence-corrected chi connectivity index (χ3v) is 2.87. The summed E-state index contributed by atoms with van der Waals surface area (Å²) in [5.74, 6) is 0.545. The highest BCUT2D eigenvalue weighted by Gasteiger charge is 2.16. The number of nitrogens with zero attached hydrogens (tertiary/aromatic N) is 2. The molecule has 0 fully saturated rings. The molecule has 1 heterocycles. The fraction of sp³-hybridized carbons (Fsp3) is 0.583. The summed E-state index contributed by atoms with van der Waals surface area (Å²) < 4.78 is 7.43. The maximum Gasteiger partial charge on any atom is 0.122 e. The molecule has 0 radical (unpaired) electrons. The van der Waals surface area contributed by atoms with Crippen molar-refractivity contribution in [3.63, 3.8) is 0 Å². The summed E-state index contributed by atoms with van der Waals surface area (Å²) in [4.78, 5) is 0. The first-order valence-corrected chi connectivity index (χ1v) is 5.49. The van der Waals surface area contributed by atoms with Crippen molar-refractivity contribution in [3.8, 4) is 6.07 Å². The smallest absolute Gasteiger partial charge is 0.122 e. The summed E-state index contributed by atoms with van der Waals surface area (Å²) in [6.45, 7) is 9.24. The van der Waals surface area contributed by atoms with Gasteiger partial charge in [0.15, 0.2) is 0 Å². The highest BCUT2D eigenvalue weighted by molar-refractivity contribution is 5.57. The quantitative estimate of drug-likeness (QED) is 0.845. The highest BCUT2D eigenvalue weighted by Crippen LogP contribution is 2.23. The van der Waals surface area contributed by atoms with Crippen LogP contribution in [0.1, 0.15) is 30.7 Å². The standard InChI is InChI=1S/C12H19N3O/c1-5-16-8(2)7-15-10(4)9(3)11(6-13)12(15)14/h8H,5,7,14H2,1-4H3. The zero-order chi connectivity index (χ0) is 12.3. The highest BCUT2D eigenvalue weighted by atomic mass is 16.5. The molecule has 0 aliphatic carbocycles. The molecular weight excluding hydrogens is 202 g/mol. The van der Waals surface area contributed by atoms with Crippen LogP contribution in [-0.2, 0) is 11.3 Å². The Hall–Kier alpha value is -1.47. The van der Waals surface area contributed by atoms with Crippen molar-refractivity contribution in [1.29, 1.82) is 5.26 Å². The van der Waals surface area contributed by atoms with Gasteiger partial charge >= 0.3 is 0 Å². The second-order valence-electron chi connectivity index (χ2n) is 3.96. The van der Waals surface area contributed by atoms with Crippen molar-refractivity contribution in [2.24, 2.45) is 0 Å². The van der Waals surface area contributed by atoms with E-state index in [0.29, 0.717) is 24.5 Å². The molecule has 0 amide bonds. The molecule has 1 rings (SSSR count). The Morgan fingerprint density at radius 3 is 2.56 bits per heavy atom. The normalized spacial score (nSPS) is 12.4. The lowest BCUT2D eigenvalue weighted by Gasteiger charge is -2.15. The minimum Gasteiger partial charge on any atom is -0.384 e. The molecule has 0 aliphatic rings. The first kappa shape index (κ1) is 12.6. The Morgan fingerprint density at radius 2 is 2.12 bits per heavy atom. The molecule has 2 N–H and O–H groups in total. The van der Waals surface area contributed by atoms with Gasteiger partial charge in [-0.1, -0.05) is 0 Å². The van der Waals surface area contributed by atoms with Crippen LogP contribution >= 0.6 is 0 Å². The Morgan fingerprint density at radius 1 is 1.50 bits per heavy atom. The van der Waals surface area contributed by atoms with Crippen LogP contribution in [0.3, 0.4) is 0 Å². The van der Waals surface area contributed by atoms with Crippen molar-refractivity contribution in [1.82, 2.24) is 4.57 Å². The molecular formula is C12H19N3O. The second-order valence-corrected chi connectivity index (χ2v) is 3.96. The Bertz CT molecular complexity index is 415. The number of nitrogens with two attached hydrogens (primary N) is 1. The zero-order valence-electron chi connectivity index (χ0n) is 10.4. The maximum atomic E-state index is 9.00. The van der Waals surface area contributed by atoms with Crippen LogP contribution in [-0.4, -0.2) is 17.3 Å². The summed E-state index contributed by atoms with van der Waals surface area (Å²) in [6, 6.07) is 2.14. The topological polar surface area (TPSA) is 64.0 Å². The molecule has 88 valence electrons. The van der Waals surface area contributed by atoms with E-state index in [4.69, 9.17) is 15.7 Å². The van der Waals surface area contributed by atoms with E-state index in [1.165, 1.54) is 0 Å². The Kier molecular flexibility index (Phi) is 3.97. The van der Waals surface area contributed by atoms with Crippen LogP contribution in [0.2, 0.25) is 0 Å². The molecule has 0 bridgehead atoms. The average molecular weight is 221 g/mol. The second kappa shape index (κ2) is 5.04. The van der Waals surface area contributed by atoms with Gasteiger partial charge in [-0.15, -0.1) is 0 Å². The third-order valence-electron chi connectivity index (χ3n) is 2.87. The van der Waals surface area contributed by atoms with E-state index >= 15 is 0 Å². The lowest BCUT2D eigenvalue weighted by Crippen LogP contribution is -2.18. The lowest BCUT2D eigenvalue weighted by atomic mass is 10.2. The predicted molar refractivity (Wildman–Crippen MR) is 64.1 cm³/mol. The van der Waals surface area contributed by atoms with E-state index in [1.807, 2.05) is 32.3 Å². The summed E-state index contributed by atoms with van der Waals surface area (Å²) >= 11 is 0. The van der Waals surface area contributed by atoms with Crippen LogP contribution in [0.15, 0.2) is 0 Å². The molecule has 1 aromatic heterocycles. The van der Waals surface area contributed by atoms with E-state index in [1.54, 1.807) is 0 Å². The summed E-state index contributed by atoms with van der Waals surface area (Å²) in [5.41, 5.74) is 8.53. The van der Waals surface area contributed by atoms with Crippen LogP contribution in [0.5, 0.6) is 0 Å². The van der Waals surface area contributed by atoms with Crippen molar-refractivity contribution in [2.45, 2.75) is 40.3 Å². The molecule has 0 spiro atoms. The van der Waals surface area contributed by atoms with Gasteiger partial charge in [0.25, 0.3) is 0 Å². The summed E-state index contributed by atoms with van der Waals surface area (Å²) in [7, 11) is 0. The van der Waals surface area contributed by atoms with Crippen LogP contribution in [0.25, 0.3) is 0 Å². The van der Waals surface area contributed by atoms with E-state index in [0.717, 1.165) is 11.3 Å². The fourth-order valence-corrected chi connectivity index (χ4v) is 1.86. The summed E-state index contributed by atoms with van der Waals surface area (Å²) in [5, 5.41) is 9.00. The SMILES string of the molecule is CCOC(C)Cn1c(C)c(C)c(C#N)c1N. The van der Waals surface area contributed by atoms with E-state index in [-0.39, 0.29) is 6.10 Å². The number of hydrogen-bond acceptors (Lipinski definition) is 3. The van der Waals surface area contributed by atoms with Crippen LogP contribution in [0.4, 0.5) is 5.82 Å². The molecule has 1 atom stereocenters. The Labute approximate surface area is 96.6 Å². The number of nitrogen functional groups attached to an aromatic ring is 1. The molecule has 0 aliphatic heterocycles. The largest absolute Gasteiger partial charge is 0.384 e. The maximum absolute atomic E-state index is 9.00. The van der Waals surface area contributed by atoms with Gasteiger partial charge in [0.2, 0.25) is 0 Å². The van der Waals surface area contributed by atoms with Gasteiger partial charge in [0.1, 0.15) is 11.9 Å². The molecule has 0 aromatic carbocycles. The van der Waals surface area contributed by atoms with Gasteiger partial charge < -0.3 is 15.0 Å². The minimum absolute atomic E-state index is 0.101. The molecule has 0 saturated heterocycles.